The predicted molar refractivity (Wildman–Crippen MR) is 111 cm³/mol. The van der Waals surface area contributed by atoms with Crippen LogP contribution in [-0.4, -0.2) is 72.7 Å². The molecule has 1 aromatic rings. The fraction of sp³-hybridized carbons (Fsp3) is 0.611. The molecule has 0 bridgehead atoms. The molecule has 0 amide bonds. The number of thiocarbonyl (C=S) groups is 1. The summed E-state index contributed by atoms with van der Waals surface area (Å²) in [6.07, 6.45) is 2.70. The monoisotopic (exact) mass is 400 g/mol. The van der Waals surface area contributed by atoms with Gasteiger partial charge in [0.15, 0.2) is 5.11 Å². The molecule has 0 unspecified atom stereocenters. The quantitative estimate of drug-likeness (QED) is 0.779. The highest BCUT2D eigenvalue weighted by Gasteiger charge is 2.24. The lowest BCUT2D eigenvalue weighted by Gasteiger charge is -2.39. The number of piperidine rings is 1. The van der Waals surface area contributed by atoms with Crippen molar-refractivity contribution in [2.75, 3.05) is 58.2 Å². The molecule has 0 saturated carbocycles. The molecule has 0 radical (unpaired) electrons. The van der Waals surface area contributed by atoms with Gasteiger partial charge in [0.25, 0.3) is 0 Å². The van der Waals surface area contributed by atoms with Crippen molar-refractivity contribution >= 4 is 46.2 Å². The third-order valence-corrected chi connectivity index (χ3v) is 6.17. The van der Waals surface area contributed by atoms with E-state index in [9.17, 15) is 0 Å². The zero-order chi connectivity index (χ0) is 17.8. The van der Waals surface area contributed by atoms with Gasteiger partial charge in [-0.3, -0.25) is 4.90 Å². The number of nitrogens with zero attached hydrogens (tertiary/aromatic N) is 3. The number of nitrogens with one attached hydrogen (secondary N) is 1. The summed E-state index contributed by atoms with van der Waals surface area (Å²) in [6, 6.07) is 5.50. The molecule has 2 fully saturated rings. The van der Waals surface area contributed by atoms with Crippen LogP contribution in [0.3, 0.4) is 0 Å². The third kappa shape index (κ3) is 5.44. The second-order valence-corrected chi connectivity index (χ2v) is 8.32. The highest BCUT2D eigenvalue weighted by Crippen LogP contribution is 2.25. The summed E-state index contributed by atoms with van der Waals surface area (Å²) < 4.78 is 0. The minimum Gasteiger partial charge on any atom is -0.346 e. The molecule has 0 aliphatic carbocycles. The van der Waals surface area contributed by atoms with Crippen molar-refractivity contribution < 1.29 is 0 Å². The van der Waals surface area contributed by atoms with E-state index in [1.54, 1.807) is 6.07 Å². The zero-order valence-corrected chi connectivity index (χ0v) is 17.0. The van der Waals surface area contributed by atoms with E-state index in [0.29, 0.717) is 10.0 Å². The summed E-state index contributed by atoms with van der Waals surface area (Å²) in [5.41, 5.74) is 0.882. The number of benzene rings is 1. The van der Waals surface area contributed by atoms with Crippen LogP contribution >= 0.6 is 35.4 Å². The van der Waals surface area contributed by atoms with Crippen LogP contribution in [0.2, 0.25) is 10.0 Å². The molecule has 2 saturated heterocycles. The van der Waals surface area contributed by atoms with Crippen molar-refractivity contribution in [3.63, 3.8) is 0 Å². The lowest BCUT2D eigenvalue weighted by atomic mass is 9.97. The molecule has 2 aliphatic rings. The fourth-order valence-corrected chi connectivity index (χ4v) is 4.30. The van der Waals surface area contributed by atoms with Crippen LogP contribution in [0.25, 0.3) is 0 Å². The van der Waals surface area contributed by atoms with Gasteiger partial charge in [-0.15, -0.1) is 0 Å². The lowest BCUT2D eigenvalue weighted by molar-refractivity contribution is 0.122. The SMILES string of the molecule is CN1CCC[C@@H](CN2CCN(C(=S)Nc3ccc(Cl)c(Cl)c3)CC2)C1. The molecule has 0 spiro atoms. The first kappa shape index (κ1) is 19.2. The average molecular weight is 401 g/mol. The summed E-state index contributed by atoms with van der Waals surface area (Å²) in [6.45, 7) is 7.78. The van der Waals surface area contributed by atoms with Gasteiger partial charge in [0, 0.05) is 45.0 Å². The summed E-state index contributed by atoms with van der Waals surface area (Å²) in [5, 5.41) is 5.12. The van der Waals surface area contributed by atoms with Gasteiger partial charge in [-0.25, -0.2) is 0 Å². The van der Waals surface area contributed by atoms with Crippen LogP contribution in [0.4, 0.5) is 5.69 Å². The molecule has 2 aliphatic heterocycles. The molecule has 138 valence electrons. The number of hydrogen-bond acceptors (Lipinski definition) is 3. The molecule has 4 nitrogen and oxygen atoms in total. The van der Waals surface area contributed by atoms with Crippen LogP contribution < -0.4 is 5.32 Å². The summed E-state index contributed by atoms with van der Waals surface area (Å²) in [5.74, 6) is 0.812. The Kier molecular flexibility index (Phi) is 6.80. The Morgan fingerprint density at radius 1 is 1.16 bits per heavy atom. The number of halogens is 2. The second kappa shape index (κ2) is 8.87. The predicted octanol–water partition coefficient (Wildman–Crippen LogP) is 3.65. The van der Waals surface area contributed by atoms with E-state index in [1.165, 1.54) is 32.5 Å². The standard InChI is InChI=1S/C18H26Cl2N4S/c1-22-6-2-3-14(12-22)13-23-7-9-24(10-8-23)18(25)21-15-4-5-16(19)17(20)11-15/h4-5,11,14H,2-3,6-10,12-13H2,1H3,(H,21,25)/t14-/m1/s1. The number of hydrogen-bond donors (Lipinski definition) is 1. The summed E-state index contributed by atoms with van der Waals surface area (Å²) in [7, 11) is 2.23. The van der Waals surface area contributed by atoms with Crippen LogP contribution in [0.15, 0.2) is 18.2 Å². The van der Waals surface area contributed by atoms with E-state index in [4.69, 9.17) is 35.4 Å². The maximum absolute atomic E-state index is 6.07. The molecule has 3 rings (SSSR count). The van der Waals surface area contributed by atoms with Crippen molar-refractivity contribution in [3.05, 3.63) is 28.2 Å². The van der Waals surface area contributed by atoms with Gasteiger partial charge >= 0.3 is 0 Å². The molecule has 1 atom stereocenters. The minimum atomic E-state index is 0.539. The molecular formula is C18H26Cl2N4S. The lowest BCUT2D eigenvalue weighted by Crippen LogP contribution is -2.51. The number of piperazine rings is 1. The van der Waals surface area contributed by atoms with Gasteiger partial charge in [-0.1, -0.05) is 23.2 Å². The van der Waals surface area contributed by atoms with Gasteiger partial charge in [-0.05, 0) is 62.8 Å². The van der Waals surface area contributed by atoms with E-state index < -0.39 is 0 Å². The second-order valence-electron chi connectivity index (χ2n) is 7.12. The zero-order valence-electron chi connectivity index (χ0n) is 14.7. The van der Waals surface area contributed by atoms with E-state index in [0.717, 1.165) is 42.9 Å². The Labute approximate surface area is 166 Å². The molecule has 1 N–H and O–H groups in total. The van der Waals surface area contributed by atoms with E-state index in [-0.39, 0.29) is 0 Å². The highest BCUT2D eigenvalue weighted by atomic mass is 35.5. The van der Waals surface area contributed by atoms with Crippen LogP contribution in [0, 0.1) is 5.92 Å². The van der Waals surface area contributed by atoms with Gasteiger partial charge in [0.1, 0.15) is 0 Å². The third-order valence-electron chi connectivity index (χ3n) is 5.07. The smallest absolute Gasteiger partial charge is 0.173 e. The topological polar surface area (TPSA) is 21.8 Å². The van der Waals surface area contributed by atoms with Gasteiger partial charge < -0.3 is 15.1 Å². The van der Waals surface area contributed by atoms with Gasteiger partial charge in [0.05, 0.1) is 10.0 Å². The molecule has 1 aromatic carbocycles. The van der Waals surface area contributed by atoms with Crippen molar-refractivity contribution in [2.45, 2.75) is 12.8 Å². The number of likely N-dealkylation sites (tertiary alicyclic amines) is 1. The Morgan fingerprint density at radius 2 is 1.92 bits per heavy atom. The number of rotatable bonds is 3. The van der Waals surface area contributed by atoms with Gasteiger partial charge in [0.2, 0.25) is 0 Å². The van der Waals surface area contributed by atoms with Crippen molar-refractivity contribution in [1.82, 2.24) is 14.7 Å². The summed E-state index contributed by atoms with van der Waals surface area (Å²) in [4.78, 5) is 7.28. The highest BCUT2D eigenvalue weighted by molar-refractivity contribution is 7.80. The van der Waals surface area contributed by atoms with Crippen LogP contribution in [0.5, 0.6) is 0 Å². The maximum atomic E-state index is 6.07. The van der Waals surface area contributed by atoms with Crippen LogP contribution in [0.1, 0.15) is 12.8 Å². The Bertz CT molecular complexity index is 605. The largest absolute Gasteiger partial charge is 0.346 e. The molecule has 2 heterocycles. The Hall–Kier alpha value is -0.590. The molecule has 7 heteroatoms. The first-order valence-electron chi connectivity index (χ1n) is 8.93. The Morgan fingerprint density at radius 3 is 2.60 bits per heavy atom. The molecule has 25 heavy (non-hydrogen) atoms. The van der Waals surface area contributed by atoms with E-state index in [2.05, 4.69) is 27.1 Å². The van der Waals surface area contributed by atoms with Gasteiger partial charge in [-0.2, -0.15) is 0 Å². The Balaban J connectivity index is 1.45. The van der Waals surface area contributed by atoms with Crippen molar-refractivity contribution in [2.24, 2.45) is 5.92 Å². The van der Waals surface area contributed by atoms with E-state index >= 15 is 0 Å². The van der Waals surface area contributed by atoms with Crippen molar-refractivity contribution in [3.8, 4) is 0 Å². The maximum Gasteiger partial charge on any atom is 0.173 e. The van der Waals surface area contributed by atoms with Crippen LogP contribution in [-0.2, 0) is 0 Å². The normalized spacial score (nSPS) is 22.8. The number of anilines is 1. The summed E-state index contributed by atoms with van der Waals surface area (Å²) >= 11 is 17.6. The molecule has 0 aromatic heterocycles. The minimum absolute atomic E-state index is 0.539. The fourth-order valence-electron chi connectivity index (χ4n) is 3.70. The molecular weight excluding hydrogens is 375 g/mol. The van der Waals surface area contributed by atoms with E-state index in [1.807, 2.05) is 12.1 Å². The van der Waals surface area contributed by atoms with Crippen molar-refractivity contribution in [1.29, 1.82) is 0 Å². The first-order chi connectivity index (χ1) is 12.0. The first-order valence-corrected chi connectivity index (χ1v) is 10.1. The average Bonchev–Trinajstić information content (AvgIpc) is 2.59.